The first-order chi connectivity index (χ1) is 7.74. The number of hydrogen-bond donors (Lipinski definition) is 0. The minimum Gasteiger partial charge on any atom is -0.293 e. The number of aryl methyl sites for hydroxylation is 1. The molecule has 82 valence electrons. The van der Waals surface area contributed by atoms with Gasteiger partial charge in [0.1, 0.15) is 0 Å². The summed E-state index contributed by atoms with van der Waals surface area (Å²) in [4.78, 5) is 8.32. The summed E-state index contributed by atoms with van der Waals surface area (Å²) < 4.78 is 4.10. The first-order valence-corrected chi connectivity index (χ1v) is 5.17. The van der Waals surface area contributed by atoms with E-state index in [9.17, 15) is 0 Å². The van der Waals surface area contributed by atoms with Gasteiger partial charge in [-0.1, -0.05) is 6.08 Å². The van der Waals surface area contributed by atoms with Crippen molar-refractivity contribution in [3.05, 3.63) is 35.9 Å². The monoisotopic (exact) mass is 233 g/mol. The molecule has 0 aliphatic heterocycles. The van der Waals surface area contributed by atoms with Crippen molar-refractivity contribution in [3.63, 3.8) is 0 Å². The van der Waals surface area contributed by atoms with Crippen LogP contribution in [0.3, 0.4) is 0 Å². The van der Waals surface area contributed by atoms with Crippen LogP contribution in [0, 0.1) is 4.77 Å². The van der Waals surface area contributed by atoms with Crippen LogP contribution in [0.25, 0.3) is 11.6 Å². The van der Waals surface area contributed by atoms with E-state index < -0.39 is 0 Å². The van der Waals surface area contributed by atoms with Crippen LogP contribution in [-0.2, 0) is 13.6 Å². The highest BCUT2D eigenvalue weighted by molar-refractivity contribution is 7.71. The van der Waals surface area contributed by atoms with Crippen molar-refractivity contribution in [1.29, 1.82) is 0 Å². The second kappa shape index (κ2) is 4.36. The van der Waals surface area contributed by atoms with Crippen LogP contribution in [0.1, 0.15) is 0 Å². The third-order valence-corrected chi connectivity index (χ3v) is 2.57. The Morgan fingerprint density at radius 3 is 2.75 bits per heavy atom. The summed E-state index contributed by atoms with van der Waals surface area (Å²) in [7, 11) is 1.80. The van der Waals surface area contributed by atoms with Crippen LogP contribution in [0.5, 0.6) is 0 Å². The number of nitrogens with zero attached hydrogens (tertiary/aromatic N) is 5. The van der Waals surface area contributed by atoms with E-state index in [-0.39, 0.29) is 0 Å². The number of rotatable bonds is 3. The van der Waals surface area contributed by atoms with Gasteiger partial charge in [0.15, 0.2) is 10.6 Å². The molecule has 0 saturated heterocycles. The van der Waals surface area contributed by atoms with Crippen LogP contribution >= 0.6 is 12.2 Å². The second-order valence-corrected chi connectivity index (χ2v) is 3.57. The fraction of sp³-hybridized carbons (Fsp3) is 0.200. The normalized spacial score (nSPS) is 10.3. The lowest BCUT2D eigenvalue weighted by Crippen LogP contribution is -2.01. The molecule has 0 saturated carbocycles. The lowest BCUT2D eigenvalue weighted by molar-refractivity contribution is 0.728. The zero-order chi connectivity index (χ0) is 11.5. The van der Waals surface area contributed by atoms with Crippen molar-refractivity contribution in [2.24, 2.45) is 7.05 Å². The Hall–Kier alpha value is -1.82. The summed E-state index contributed by atoms with van der Waals surface area (Å²) in [6.07, 6.45) is 5.13. The Morgan fingerprint density at radius 1 is 1.44 bits per heavy atom. The maximum absolute atomic E-state index is 5.24. The molecule has 0 aliphatic carbocycles. The van der Waals surface area contributed by atoms with E-state index in [1.165, 1.54) is 0 Å². The fourth-order valence-electron chi connectivity index (χ4n) is 1.38. The van der Waals surface area contributed by atoms with Crippen LogP contribution in [0.2, 0.25) is 0 Å². The van der Waals surface area contributed by atoms with Crippen LogP contribution in [0.4, 0.5) is 0 Å². The van der Waals surface area contributed by atoms with Crippen molar-refractivity contribution in [2.45, 2.75) is 6.54 Å². The average Bonchev–Trinajstić information content (AvgIpc) is 2.59. The van der Waals surface area contributed by atoms with E-state index in [1.807, 2.05) is 4.57 Å². The molecule has 0 bridgehead atoms. The van der Waals surface area contributed by atoms with Gasteiger partial charge in [0.05, 0.1) is 0 Å². The third-order valence-electron chi connectivity index (χ3n) is 2.09. The molecule has 5 nitrogen and oxygen atoms in total. The predicted octanol–water partition coefficient (Wildman–Crippen LogP) is 1.59. The molecule has 0 spiro atoms. The zero-order valence-corrected chi connectivity index (χ0v) is 9.68. The third kappa shape index (κ3) is 1.79. The Bertz CT molecular complexity index is 554. The van der Waals surface area contributed by atoms with E-state index >= 15 is 0 Å². The van der Waals surface area contributed by atoms with Crippen LogP contribution in [0.15, 0.2) is 31.1 Å². The lowest BCUT2D eigenvalue weighted by atomic mass is 10.5. The number of hydrogen-bond acceptors (Lipinski definition) is 4. The molecule has 2 heterocycles. The molecular weight excluding hydrogens is 222 g/mol. The van der Waals surface area contributed by atoms with Crippen molar-refractivity contribution in [3.8, 4) is 11.6 Å². The smallest absolute Gasteiger partial charge is 0.200 e. The minimum absolute atomic E-state index is 0.566. The summed E-state index contributed by atoms with van der Waals surface area (Å²) in [5.74, 6) is 1.23. The summed E-state index contributed by atoms with van der Waals surface area (Å²) in [6, 6.07) is 1.76. The van der Waals surface area contributed by atoms with Crippen LogP contribution in [-0.4, -0.2) is 24.3 Å². The summed E-state index contributed by atoms with van der Waals surface area (Å²) in [5.41, 5.74) is 0. The minimum atomic E-state index is 0.566. The SMILES string of the molecule is C=CCn1c(-c2ncccn2)nn(C)c1=S. The van der Waals surface area contributed by atoms with Crippen molar-refractivity contribution in [2.75, 3.05) is 0 Å². The van der Waals surface area contributed by atoms with Gasteiger partial charge in [0.2, 0.25) is 5.82 Å². The molecule has 16 heavy (non-hydrogen) atoms. The molecule has 0 amide bonds. The first-order valence-electron chi connectivity index (χ1n) is 4.76. The first kappa shape index (κ1) is 10.7. The second-order valence-electron chi connectivity index (χ2n) is 3.20. The maximum atomic E-state index is 5.24. The van der Waals surface area contributed by atoms with Gasteiger partial charge >= 0.3 is 0 Å². The standard InChI is InChI=1S/C10H11N5S/c1-3-7-15-9(13-14(2)10(15)16)8-11-5-4-6-12-8/h3-6H,1,7H2,2H3. The highest BCUT2D eigenvalue weighted by Crippen LogP contribution is 2.12. The van der Waals surface area contributed by atoms with Gasteiger partial charge in [-0.2, -0.15) is 0 Å². The molecule has 2 rings (SSSR count). The zero-order valence-electron chi connectivity index (χ0n) is 8.87. The van der Waals surface area contributed by atoms with E-state index in [0.29, 0.717) is 23.0 Å². The summed E-state index contributed by atoms with van der Waals surface area (Å²) >= 11 is 5.24. The summed E-state index contributed by atoms with van der Waals surface area (Å²) in [6.45, 7) is 4.29. The highest BCUT2D eigenvalue weighted by Gasteiger charge is 2.11. The topological polar surface area (TPSA) is 48.5 Å². The van der Waals surface area contributed by atoms with E-state index in [0.717, 1.165) is 0 Å². The number of aromatic nitrogens is 5. The van der Waals surface area contributed by atoms with Gasteiger partial charge < -0.3 is 0 Å². The largest absolute Gasteiger partial charge is 0.293 e. The van der Waals surface area contributed by atoms with Gasteiger partial charge in [-0.3, -0.25) is 4.57 Å². The number of allylic oxidation sites excluding steroid dienone is 1. The predicted molar refractivity (Wildman–Crippen MR) is 63.3 cm³/mol. The van der Waals surface area contributed by atoms with E-state index in [2.05, 4.69) is 21.6 Å². The average molecular weight is 233 g/mol. The molecule has 2 aromatic heterocycles. The van der Waals surface area contributed by atoms with Gasteiger partial charge in [0, 0.05) is 26.0 Å². The van der Waals surface area contributed by atoms with E-state index in [1.54, 1.807) is 36.3 Å². The van der Waals surface area contributed by atoms with Gasteiger partial charge in [0.25, 0.3) is 0 Å². The molecule has 0 N–H and O–H groups in total. The van der Waals surface area contributed by atoms with Gasteiger partial charge in [-0.25, -0.2) is 14.6 Å². The van der Waals surface area contributed by atoms with Crippen LogP contribution < -0.4 is 0 Å². The molecule has 0 fully saturated rings. The molecular formula is C10H11N5S. The maximum Gasteiger partial charge on any atom is 0.200 e. The van der Waals surface area contributed by atoms with Gasteiger partial charge in [-0.05, 0) is 18.3 Å². The Morgan fingerprint density at radius 2 is 2.12 bits per heavy atom. The van der Waals surface area contributed by atoms with Crippen molar-refractivity contribution in [1.82, 2.24) is 24.3 Å². The molecule has 0 radical (unpaired) electrons. The Kier molecular flexibility index (Phi) is 2.91. The molecule has 0 atom stereocenters. The van der Waals surface area contributed by atoms with Crippen molar-refractivity contribution < 1.29 is 0 Å². The molecule has 0 unspecified atom stereocenters. The molecule has 2 aromatic rings. The van der Waals surface area contributed by atoms with Crippen molar-refractivity contribution >= 4 is 12.2 Å². The molecule has 0 aromatic carbocycles. The Balaban J connectivity index is 2.61. The lowest BCUT2D eigenvalue weighted by Gasteiger charge is -2.00. The highest BCUT2D eigenvalue weighted by atomic mass is 32.1. The molecule has 0 aliphatic rings. The fourth-order valence-corrected chi connectivity index (χ4v) is 1.58. The molecule has 6 heteroatoms. The Labute approximate surface area is 98.1 Å². The summed E-state index contributed by atoms with van der Waals surface area (Å²) in [5, 5.41) is 4.30. The van der Waals surface area contributed by atoms with E-state index in [4.69, 9.17) is 12.2 Å². The van der Waals surface area contributed by atoms with Gasteiger partial charge in [-0.15, -0.1) is 11.7 Å². The quantitative estimate of drug-likeness (QED) is 0.596.